The van der Waals surface area contributed by atoms with E-state index in [2.05, 4.69) is 19.1 Å². The van der Waals surface area contributed by atoms with Crippen molar-refractivity contribution in [2.75, 3.05) is 33.1 Å². The van der Waals surface area contributed by atoms with Gasteiger partial charge in [0.25, 0.3) is 0 Å². The molecule has 0 saturated heterocycles. The van der Waals surface area contributed by atoms with Crippen molar-refractivity contribution < 1.29 is 9.40 Å². The van der Waals surface area contributed by atoms with Crippen molar-refractivity contribution >= 4 is 7.14 Å². The fraction of sp³-hybridized carbons (Fsp3) is 0.636. The largest absolute Gasteiger partial charge is 0.324 e. The third kappa shape index (κ3) is 3.84. The van der Waals surface area contributed by atoms with Gasteiger partial charge in [0, 0.05) is 11.9 Å². The van der Waals surface area contributed by atoms with Crippen LogP contribution in [0.1, 0.15) is 13.3 Å². The molecule has 4 heteroatoms. The van der Waals surface area contributed by atoms with E-state index in [4.69, 9.17) is 4.84 Å². The van der Waals surface area contributed by atoms with Gasteiger partial charge in [-0.15, -0.1) is 0 Å². The lowest BCUT2D eigenvalue weighted by Crippen LogP contribution is -2.25. The molecular weight excluding hydrogens is 209 g/mol. The molecule has 0 amide bonds. The quantitative estimate of drug-likeness (QED) is 0.694. The van der Waals surface area contributed by atoms with E-state index in [1.165, 1.54) is 5.57 Å². The van der Waals surface area contributed by atoms with Crippen LogP contribution in [0.15, 0.2) is 23.4 Å². The summed E-state index contributed by atoms with van der Waals surface area (Å²) in [7, 11) is -0.266. The van der Waals surface area contributed by atoms with E-state index >= 15 is 0 Å². The maximum Gasteiger partial charge on any atom is 0.0823 e. The highest BCUT2D eigenvalue weighted by molar-refractivity contribution is 7.62. The van der Waals surface area contributed by atoms with Crippen LogP contribution in [-0.2, 0) is 9.40 Å². The molecule has 1 rings (SSSR count). The molecule has 0 N–H and O–H groups in total. The zero-order chi connectivity index (χ0) is 11.5. The molecule has 1 aliphatic heterocycles. The molecule has 0 fully saturated rings. The number of rotatable bonds is 4. The Morgan fingerprint density at radius 2 is 2.20 bits per heavy atom. The van der Waals surface area contributed by atoms with Gasteiger partial charge in [-0.25, -0.2) is 0 Å². The van der Waals surface area contributed by atoms with Crippen LogP contribution in [0.5, 0.6) is 0 Å². The fourth-order valence-electron chi connectivity index (χ4n) is 1.61. The number of hydrogen-bond donors (Lipinski definition) is 0. The molecule has 1 aliphatic rings. The lowest BCUT2D eigenvalue weighted by molar-refractivity contribution is -0.0947. The zero-order valence-corrected chi connectivity index (χ0v) is 10.9. The maximum absolute atomic E-state index is 11.7. The van der Waals surface area contributed by atoms with Gasteiger partial charge in [-0.1, -0.05) is 12.2 Å². The fourth-order valence-corrected chi connectivity index (χ4v) is 2.36. The number of allylic oxidation sites excluding steroid dienone is 3. The molecule has 3 nitrogen and oxygen atoms in total. The number of nitrogens with zero attached hydrogens (tertiary/aromatic N) is 1. The van der Waals surface area contributed by atoms with E-state index in [-0.39, 0.29) is 0 Å². The van der Waals surface area contributed by atoms with E-state index in [9.17, 15) is 4.57 Å². The van der Waals surface area contributed by atoms with Gasteiger partial charge in [-0.05, 0) is 32.2 Å². The molecule has 0 spiro atoms. The van der Waals surface area contributed by atoms with E-state index in [1.807, 2.05) is 18.4 Å². The van der Waals surface area contributed by atoms with Crippen molar-refractivity contribution in [1.29, 1.82) is 0 Å². The molecule has 0 bridgehead atoms. The zero-order valence-electron chi connectivity index (χ0n) is 9.99. The lowest BCUT2D eigenvalue weighted by atomic mass is 10.1. The van der Waals surface area contributed by atoms with Gasteiger partial charge < -0.3 is 4.57 Å². The summed E-state index contributed by atoms with van der Waals surface area (Å²) in [6.07, 6.45) is 5.74. The van der Waals surface area contributed by atoms with Gasteiger partial charge in [0.15, 0.2) is 0 Å². The first-order valence-corrected chi connectivity index (χ1v) is 7.94. The van der Waals surface area contributed by atoms with Crippen LogP contribution in [0.25, 0.3) is 0 Å². The normalized spacial score (nSPS) is 17.5. The molecule has 1 heterocycles. The molecule has 0 unspecified atom stereocenters. The highest BCUT2D eigenvalue weighted by Crippen LogP contribution is 2.38. The monoisotopic (exact) mass is 229 g/mol. The lowest BCUT2D eigenvalue weighted by Gasteiger charge is -2.28. The summed E-state index contributed by atoms with van der Waals surface area (Å²) in [5.74, 6) is 0. The Morgan fingerprint density at radius 3 is 2.73 bits per heavy atom. The van der Waals surface area contributed by atoms with Crippen LogP contribution in [0.3, 0.4) is 0 Å². The van der Waals surface area contributed by atoms with Crippen LogP contribution in [0.2, 0.25) is 0 Å². The predicted molar refractivity (Wildman–Crippen MR) is 64.5 cm³/mol. The Hall–Kier alpha value is -0.530. The average Bonchev–Trinajstić information content (AvgIpc) is 2.14. The molecule has 0 atom stereocenters. The maximum atomic E-state index is 11.7. The summed E-state index contributed by atoms with van der Waals surface area (Å²) in [6, 6.07) is 0. The Balaban J connectivity index is 2.71. The first-order valence-electron chi connectivity index (χ1n) is 5.16. The standard InChI is InChI=1S/C11H20NO2P/c1-10-6-5-8-12(14-2)11(10)7-9-15(3,4)13/h5-6H,7-9H2,1-4H3. The van der Waals surface area contributed by atoms with E-state index in [0.29, 0.717) is 0 Å². The SMILES string of the molecule is CON1CC=CC(C)=C1CCP(C)(C)=O. The van der Waals surface area contributed by atoms with Gasteiger partial charge >= 0.3 is 0 Å². The minimum Gasteiger partial charge on any atom is -0.324 e. The molecule has 0 aromatic heterocycles. The van der Waals surface area contributed by atoms with Crippen molar-refractivity contribution in [3.05, 3.63) is 23.4 Å². The predicted octanol–water partition coefficient (Wildman–Crippen LogP) is 2.71. The van der Waals surface area contributed by atoms with Crippen LogP contribution in [0.4, 0.5) is 0 Å². The summed E-state index contributed by atoms with van der Waals surface area (Å²) >= 11 is 0. The molecule has 0 aromatic carbocycles. The molecule has 86 valence electrons. The van der Waals surface area contributed by atoms with Crippen LogP contribution in [-0.4, -0.2) is 38.2 Å². The van der Waals surface area contributed by atoms with Crippen molar-refractivity contribution in [1.82, 2.24) is 5.06 Å². The van der Waals surface area contributed by atoms with E-state index in [1.54, 1.807) is 7.11 Å². The van der Waals surface area contributed by atoms with Crippen molar-refractivity contribution in [3.8, 4) is 0 Å². The number of hydroxylamine groups is 2. The van der Waals surface area contributed by atoms with Crippen molar-refractivity contribution in [2.24, 2.45) is 0 Å². The highest BCUT2D eigenvalue weighted by Gasteiger charge is 2.16. The first kappa shape index (κ1) is 12.5. The minimum absolute atomic E-state index is 0.743. The summed E-state index contributed by atoms with van der Waals surface area (Å²) in [4.78, 5) is 5.27. The summed E-state index contributed by atoms with van der Waals surface area (Å²) in [6.45, 7) is 6.51. The minimum atomic E-state index is -1.94. The van der Waals surface area contributed by atoms with Crippen LogP contribution in [0, 0.1) is 0 Å². The Morgan fingerprint density at radius 1 is 1.53 bits per heavy atom. The van der Waals surface area contributed by atoms with Gasteiger partial charge in [-0.3, -0.25) is 9.90 Å². The Kier molecular flexibility index (Phi) is 4.18. The molecule has 15 heavy (non-hydrogen) atoms. The van der Waals surface area contributed by atoms with Gasteiger partial charge in [-0.2, -0.15) is 0 Å². The van der Waals surface area contributed by atoms with E-state index in [0.717, 1.165) is 24.8 Å². The smallest absolute Gasteiger partial charge is 0.0823 e. The molecule has 0 aliphatic carbocycles. The highest BCUT2D eigenvalue weighted by atomic mass is 31.2. The second-order valence-corrected chi connectivity index (χ2v) is 7.92. The molecule has 0 aromatic rings. The second kappa shape index (κ2) is 5.00. The van der Waals surface area contributed by atoms with Crippen molar-refractivity contribution in [3.63, 3.8) is 0 Å². The van der Waals surface area contributed by atoms with Crippen molar-refractivity contribution in [2.45, 2.75) is 13.3 Å². The molecule has 0 saturated carbocycles. The van der Waals surface area contributed by atoms with Gasteiger partial charge in [0.05, 0.1) is 20.8 Å². The summed E-state index contributed by atoms with van der Waals surface area (Å²) in [5.41, 5.74) is 2.36. The average molecular weight is 229 g/mol. The third-order valence-corrected chi connectivity index (χ3v) is 3.80. The van der Waals surface area contributed by atoms with Crippen LogP contribution >= 0.6 is 7.14 Å². The van der Waals surface area contributed by atoms with Gasteiger partial charge in [0.1, 0.15) is 0 Å². The summed E-state index contributed by atoms with van der Waals surface area (Å²) in [5, 5.41) is 1.87. The number of hydrogen-bond acceptors (Lipinski definition) is 3. The van der Waals surface area contributed by atoms with E-state index < -0.39 is 7.14 Å². The Labute approximate surface area is 92.1 Å². The second-order valence-electron chi connectivity index (χ2n) is 4.32. The van der Waals surface area contributed by atoms with Gasteiger partial charge in [0.2, 0.25) is 0 Å². The first-order chi connectivity index (χ1) is 6.94. The topological polar surface area (TPSA) is 29.5 Å². The molecular formula is C11H20NO2P. The third-order valence-electron chi connectivity index (χ3n) is 2.50. The van der Waals surface area contributed by atoms with Crippen LogP contribution < -0.4 is 0 Å². The molecule has 0 radical (unpaired) electrons. The Bertz CT molecular complexity index is 327. The summed E-state index contributed by atoms with van der Waals surface area (Å²) < 4.78 is 11.7.